The van der Waals surface area contributed by atoms with Crippen LogP contribution in [0.2, 0.25) is 0 Å². The molecule has 7 heteroatoms. The van der Waals surface area contributed by atoms with Gasteiger partial charge >= 0.3 is 5.82 Å². The lowest BCUT2D eigenvalue weighted by atomic mass is 10.2. The number of hydrogen-bond donors (Lipinski definition) is 0. The Balaban J connectivity index is 0.00000200. The van der Waals surface area contributed by atoms with Gasteiger partial charge in [-0.25, -0.2) is 0 Å². The summed E-state index contributed by atoms with van der Waals surface area (Å²) in [5.41, 5.74) is 1.38. The van der Waals surface area contributed by atoms with Crippen molar-refractivity contribution in [2.24, 2.45) is 0 Å². The Morgan fingerprint density at radius 2 is 2.40 bits per heavy atom. The number of ether oxygens (including phenoxy) is 1. The molecule has 0 N–H and O–H groups in total. The van der Waals surface area contributed by atoms with Crippen LogP contribution in [0.3, 0.4) is 0 Å². The molecule has 1 atom stereocenters. The molecule has 0 saturated carbocycles. The minimum absolute atomic E-state index is 0. The molecule has 0 aliphatic carbocycles. The maximum Gasteiger partial charge on any atom is 0.387 e. The minimum atomic E-state index is -0.543. The van der Waals surface area contributed by atoms with E-state index in [9.17, 15) is 14.9 Å². The van der Waals surface area contributed by atoms with Crippen LogP contribution in [0.15, 0.2) is 12.3 Å². The molecule has 0 amide bonds. The number of anilines is 1. The predicted octanol–water partition coefficient (Wildman–Crippen LogP) is 1.59. The highest BCUT2D eigenvalue weighted by atomic mass is 16.6. The standard InChI is InChI=1S/C12H15N3O4.CH4/c1-2-9-5-11(12(13-6-9)15(17)18)14-3-4-19-10(7-14)8-16;/h5-6,8,10H,2-4,7H2,1H3;1H4. The fraction of sp³-hybridized carbons (Fsp3) is 0.538. The van der Waals surface area contributed by atoms with Gasteiger partial charge < -0.3 is 24.5 Å². The second kappa shape index (κ2) is 6.95. The summed E-state index contributed by atoms with van der Waals surface area (Å²) < 4.78 is 5.24. The molecule has 0 bridgehead atoms. The van der Waals surface area contributed by atoms with Crippen LogP contribution in [0.25, 0.3) is 0 Å². The average molecular weight is 281 g/mol. The zero-order chi connectivity index (χ0) is 13.8. The Labute approximate surface area is 117 Å². The number of nitrogens with zero attached hydrogens (tertiary/aromatic N) is 3. The summed E-state index contributed by atoms with van der Waals surface area (Å²) in [6.45, 7) is 3.16. The van der Waals surface area contributed by atoms with Crippen molar-refractivity contribution >= 4 is 17.8 Å². The third-order valence-corrected chi connectivity index (χ3v) is 3.07. The van der Waals surface area contributed by atoms with E-state index in [4.69, 9.17) is 4.74 Å². The van der Waals surface area contributed by atoms with Gasteiger partial charge in [-0.2, -0.15) is 0 Å². The van der Waals surface area contributed by atoms with Gasteiger partial charge in [0.05, 0.1) is 13.2 Å². The second-order valence-electron chi connectivity index (χ2n) is 4.29. The van der Waals surface area contributed by atoms with Gasteiger partial charge in [0.1, 0.15) is 18.0 Å². The third kappa shape index (κ3) is 3.30. The number of pyridine rings is 1. The van der Waals surface area contributed by atoms with Gasteiger partial charge in [-0.1, -0.05) is 14.4 Å². The Hall–Kier alpha value is -2.02. The molecular formula is C13H19N3O4. The van der Waals surface area contributed by atoms with Gasteiger partial charge in [0.25, 0.3) is 0 Å². The Morgan fingerprint density at radius 3 is 3.00 bits per heavy atom. The summed E-state index contributed by atoms with van der Waals surface area (Å²) in [4.78, 5) is 27.0. The number of rotatable bonds is 4. The summed E-state index contributed by atoms with van der Waals surface area (Å²) in [6, 6.07) is 1.76. The van der Waals surface area contributed by atoms with Crippen molar-refractivity contribution in [1.29, 1.82) is 0 Å². The summed E-state index contributed by atoms with van der Waals surface area (Å²) in [6.07, 6.45) is 2.44. The summed E-state index contributed by atoms with van der Waals surface area (Å²) in [5.74, 6) is -0.177. The number of carbonyl (C=O) groups excluding carboxylic acids is 1. The molecule has 1 aromatic rings. The quantitative estimate of drug-likeness (QED) is 0.473. The molecular weight excluding hydrogens is 262 g/mol. The van der Waals surface area contributed by atoms with E-state index in [2.05, 4.69) is 4.98 Å². The highest BCUT2D eigenvalue weighted by Gasteiger charge is 2.27. The first kappa shape index (κ1) is 16.0. The fourth-order valence-corrected chi connectivity index (χ4v) is 2.03. The molecule has 0 spiro atoms. The van der Waals surface area contributed by atoms with Crippen LogP contribution >= 0.6 is 0 Å². The van der Waals surface area contributed by atoms with Gasteiger partial charge in [-0.05, 0) is 28.0 Å². The molecule has 0 radical (unpaired) electrons. The molecule has 110 valence electrons. The normalized spacial score (nSPS) is 18.2. The molecule has 1 fully saturated rings. The monoisotopic (exact) mass is 281 g/mol. The number of aldehydes is 1. The van der Waals surface area contributed by atoms with E-state index in [-0.39, 0.29) is 13.2 Å². The molecule has 1 aromatic heterocycles. The molecule has 7 nitrogen and oxygen atoms in total. The van der Waals surface area contributed by atoms with Crippen LogP contribution in [-0.2, 0) is 16.0 Å². The van der Waals surface area contributed by atoms with Gasteiger partial charge in [0.2, 0.25) is 0 Å². The summed E-state index contributed by atoms with van der Waals surface area (Å²) in [5, 5.41) is 11.0. The zero-order valence-corrected chi connectivity index (χ0v) is 10.6. The van der Waals surface area contributed by atoms with Crippen molar-refractivity contribution in [3.8, 4) is 0 Å². The zero-order valence-electron chi connectivity index (χ0n) is 10.6. The molecule has 1 aliphatic heterocycles. The third-order valence-electron chi connectivity index (χ3n) is 3.07. The molecule has 2 heterocycles. The number of nitro groups is 1. The topological polar surface area (TPSA) is 85.6 Å². The smallest absolute Gasteiger partial charge is 0.367 e. The van der Waals surface area contributed by atoms with Gasteiger partial charge in [-0.15, -0.1) is 0 Å². The van der Waals surface area contributed by atoms with Crippen LogP contribution in [0, 0.1) is 10.1 Å². The first-order valence-corrected chi connectivity index (χ1v) is 6.10. The van der Waals surface area contributed by atoms with Gasteiger partial charge in [-0.3, -0.25) is 0 Å². The number of carbonyl (C=O) groups is 1. The highest BCUT2D eigenvalue weighted by molar-refractivity contribution is 5.64. The molecule has 2 rings (SSSR count). The number of morpholine rings is 1. The lowest BCUT2D eigenvalue weighted by molar-refractivity contribution is -0.388. The first-order valence-electron chi connectivity index (χ1n) is 6.10. The number of aromatic nitrogens is 1. The lowest BCUT2D eigenvalue weighted by Gasteiger charge is -2.31. The van der Waals surface area contributed by atoms with Crippen LogP contribution in [0.1, 0.15) is 19.9 Å². The van der Waals surface area contributed by atoms with E-state index >= 15 is 0 Å². The minimum Gasteiger partial charge on any atom is -0.367 e. The molecule has 20 heavy (non-hydrogen) atoms. The van der Waals surface area contributed by atoms with Crippen LogP contribution < -0.4 is 4.90 Å². The van der Waals surface area contributed by atoms with E-state index in [1.54, 1.807) is 11.0 Å². The largest absolute Gasteiger partial charge is 0.387 e. The number of aryl methyl sites for hydroxylation is 1. The van der Waals surface area contributed by atoms with Crippen LogP contribution in [-0.4, -0.2) is 42.0 Å². The second-order valence-corrected chi connectivity index (χ2v) is 4.29. The average Bonchev–Trinajstić information content (AvgIpc) is 2.46. The first-order chi connectivity index (χ1) is 9.15. The van der Waals surface area contributed by atoms with Crippen molar-refractivity contribution in [2.45, 2.75) is 26.9 Å². The molecule has 0 aromatic carbocycles. The fourth-order valence-electron chi connectivity index (χ4n) is 2.03. The molecule has 1 aliphatic rings. The van der Waals surface area contributed by atoms with Gasteiger partial charge in [0, 0.05) is 6.54 Å². The van der Waals surface area contributed by atoms with Crippen molar-refractivity contribution in [2.75, 3.05) is 24.6 Å². The Morgan fingerprint density at radius 1 is 1.65 bits per heavy atom. The van der Waals surface area contributed by atoms with E-state index in [0.29, 0.717) is 25.4 Å². The van der Waals surface area contributed by atoms with Crippen molar-refractivity contribution in [3.63, 3.8) is 0 Å². The van der Waals surface area contributed by atoms with E-state index < -0.39 is 11.0 Å². The molecule has 1 unspecified atom stereocenters. The highest BCUT2D eigenvalue weighted by Crippen LogP contribution is 2.28. The number of hydrogen-bond acceptors (Lipinski definition) is 6. The van der Waals surface area contributed by atoms with Crippen molar-refractivity contribution < 1.29 is 14.5 Å². The van der Waals surface area contributed by atoms with E-state index in [1.165, 1.54) is 6.20 Å². The van der Waals surface area contributed by atoms with Gasteiger partial charge in [0.15, 0.2) is 6.29 Å². The van der Waals surface area contributed by atoms with Crippen LogP contribution in [0.5, 0.6) is 0 Å². The van der Waals surface area contributed by atoms with Crippen molar-refractivity contribution in [1.82, 2.24) is 4.98 Å². The summed E-state index contributed by atoms with van der Waals surface area (Å²) in [7, 11) is 0. The molecule has 1 saturated heterocycles. The Bertz CT molecular complexity index is 493. The van der Waals surface area contributed by atoms with E-state index in [1.807, 2.05) is 6.92 Å². The van der Waals surface area contributed by atoms with Crippen LogP contribution in [0.4, 0.5) is 11.5 Å². The summed E-state index contributed by atoms with van der Waals surface area (Å²) >= 11 is 0. The Kier molecular flexibility index (Phi) is 5.57. The maximum absolute atomic E-state index is 11.0. The SMILES string of the molecule is C.CCc1cnc([N+](=O)[O-])c(N2CCOC(C=O)C2)c1. The van der Waals surface area contributed by atoms with Crippen molar-refractivity contribution in [3.05, 3.63) is 27.9 Å². The maximum atomic E-state index is 11.0. The van der Waals surface area contributed by atoms with E-state index in [0.717, 1.165) is 18.3 Å². The predicted molar refractivity (Wildman–Crippen MR) is 75.0 cm³/mol. The lowest BCUT2D eigenvalue weighted by Crippen LogP contribution is -2.43.